The zero-order chi connectivity index (χ0) is 31.3. The van der Waals surface area contributed by atoms with Crippen LogP contribution in [0.3, 0.4) is 0 Å². The Morgan fingerprint density at radius 3 is 2.16 bits per heavy atom. The molecule has 3 aliphatic carbocycles. The van der Waals surface area contributed by atoms with E-state index in [2.05, 4.69) is 73.6 Å². The third kappa shape index (κ3) is 5.90. The topological polar surface area (TPSA) is 52.6 Å². The second-order valence-corrected chi connectivity index (χ2v) is 22.4. The van der Waals surface area contributed by atoms with Crippen LogP contribution in [0.2, 0.25) is 16.6 Å². The monoisotopic (exact) mass is 624 g/mol. The second kappa shape index (κ2) is 12.3. The largest absolute Gasteiger partial charge is 0.543 e. The average Bonchev–Trinajstić information content (AvgIpc) is 3.31. The molecule has 0 spiro atoms. The van der Waals surface area contributed by atoms with Crippen molar-refractivity contribution in [3.05, 3.63) is 59.2 Å². The van der Waals surface area contributed by atoms with Crippen molar-refractivity contribution in [1.82, 2.24) is 0 Å². The first-order chi connectivity index (χ1) is 20.2. The van der Waals surface area contributed by atoms with Crippen molar-refractivity contribution in [2.75, 3.05) is 6.61 Å². The molecule has 0 saturated heterocycles. The summed E-state index contributed by atoms with van der Waals surface area (Å²) >= 11 is 0. The molecule has 0 N–H and O–H groups in total. The van der Waals surface area contributed by atoms with Gasteiger partial charge in [-0.2, -0.15) is 8.42 Å². The molecule has 3 aliphatic rings. The van der Waals surface area contributed by atoms with Gasteiger partial charge in [0.05, 0.1) is 11.5 Å². The molecule has 4 nitrogen and oxygen atoms in total. The number of benzene rings is 2. The van der Waals surface area contributed by atoms with Gasteiger partial charge in [0.25, 0.3) is 18.4 Å². The van der Waals surface area contributed by atoms with E-state index >= 15 is 0 Å². The van der Waals surface area contributed by atoms with Crippen LogP contribution in [0.5, 0.6) is 5.75 Å². The van der Waals surface area contributed by atoms with E-state index in [1.807, 2.05) is 19.1 Å². The fourth-order valence-corrected chi connectivity index (χ4v) is 16.5. The molecule has 0 heterocycles. The molecule has 6 heteroatoms. The van der Waals surface area contributed by atoms with Gasteiger partial charge in [0.1, 0.15) is 5.75 Å². The molecule has 0 unspecified atom stereocenters. The minimum atomic E-state index is -3.74. The number of hydrogen-bond acceptors (Lipinski definition) is 4. The summed E-state index contributed by atoms with van der Waals surface area (Å²) in [6, 6.07) is 14.1. The lowest BCUT2D eigenvalue weighted by Gasteiger charge is -2.52. The maximum absolute atomic E-state index is 12.9. The quantitative estimate of drug-likeness (QED) is 0.195. The third-order valence-corrected chi connectivity index (χ3v) is 19.6. The zero-order valence-electron chi connectivity index (χ0n) is 28.2. The first kappa shape index (κ1) is 32.8. The Bertz CT molecular complexity index is 1360. The summed E-state index contributed by atoms with van der Waals surface area (Å²) in [5.41, 5.74) is 6.06. The van der Waals surface area contributed by atoms with E-state index in [0.717, 1.165) is 17.7 Å². The summed E-state index contributed by atoms with van der Waals surface area (Å²) in [4.78, 5) is 0.251. The number of hydrogen-bond donors (Lipinski definition) is 0. The molecular formula is C37H56O4SSi. The van der Waals surface area contributed by atoms with Crippen molar-refractivity contribution in [3.8, 4) is 5.75 Å². The maximum Gasteiger partial charge on any atom is 0.296 e. The van der Waals surface area contributed by atoms with Crippen molar-refractivity contribution in [3.63, 3.8) is 0 Å². The fourth-order valence-electron chi connectivity index (χ4n) is 10.2. The lowest BCUT2D eigenvalue weighted by Crippen LogP contribution is -2.50. The van der Waals surface area contributed by atoms with Crippen LogP contribution < -0.4 is 4.43 Å². The normalized spacial score (nSPS) is 28.1. The van der Waals surface area contributed by atoms with Crippen LogP contribution >= 0.6 is 0 Å². The predicted octanol–water partition coefficient (Wildman–Crippen LogP) is 10.1. The fraction of sp³-hybridized carbons (Fsp3) is 0.676. The lowest BCUT2D eigenvalue weighted by atomic mass is 9.53. The van der Waals surface area contributed by atoms with E-state index in [1.54, 1.807) is 17.7 Å². The molecule has 5 rings (SSSR count). The summed E-state index contributed by atoms with van der Waals surface area (Å²) in [5, 5.41) is 0. The lowest BCUT2D eigenvalue weighted by molar-refractivity contribution is 0.00414. The standard InChI is InChI=1S/C37H56O4SSi/c1-24(2)43(25(3)4,26(5)6)41-30-13-17-32-29(22-30)12-16-34-33(32)20-21-37(9)35(18-19-36(34)37)28(8)23-40-42(38,39)31-14-10-27(7)11-15-31/h10-11,13-15,17,22,24-26,28,33-36H,12,16,18-21,23H2,1-9H3/t28-,33-,34-,35-,36+,37-/m1/s1. The van der Waals surface area contributed by atoms with Crippen LogP contribution in [-0.2, 0) is 20.7 Å². The molecule has 238 valence electrons. The Kier molecular flexibility index (Phi) is 9.36. The summed E-state index contributed by atoms with van der Waals surface area (Å²) in [5.74, 6) is 3.82. The van der Waals surface area contributed by atoms with Crippen molar-refractivity contribution in [2.24, 2.45) is 29.1 Å². The van der Waals surface area contributed by atoms with E-state index < -0.39 is 18.4 Å². The summed E-state index contributed by atoms with van der Waals surface area (Å²) in [6.45, 7) is 21.1. The Hall–Kier alpha value is -1.63. The molecule has 2 aromatic rings. The highest BCUT2D eigenvalue weighted by atomic mass is 32.2. The number of aryl methyl sites for hydroxylation is 2. The highest BCUT2D eigenvalue weighted by Gasteiger charge is 2.56. The van der Waals surface area contributed by atoms with E-state index in [-0.39, 0.29) is 22.8 Å². The second-order valence-electron chi connectivity index (χ2n) is 15.5. The molecule has 0 aromatic heterocycles. The van der Waals surface area contributed by atoms with Crippen LogP contribution in [0.1, 0.15) is 110 Å². The van der Waals surface area contributed by atoms with E-state index in [0.29, 0.717) is 40.3 Å². The van der Waals surface area contributed by atoms with Crippen LogP contribution in [0.25, 0.3) is 0 Å². The van der Waals surface area contributed by atoms with Gasteiger partial charge in [-0.05, 0) is 132 Å². The molecule has 2 fully saturated rings. The molecule has 43 heavy (non-hydrogen) atoms. The first-order valence-corrected chi connectivity index (χ1v) is 20.5. The van der Waals surface area contributed by atoms with Gasteiger partial charge in [-0.25, -0.2) is 0 Å². The van der Waals surface area contributed by atoms with Gasteiger partial charge in [0.15, 0.2) is 0 Å². The number of fused-ring (bicyclic) bond motifs is 5. The minimum Gasteiger partial charge on any atom is -0.543 e. The third-order valence-electron chi connectivity index (χ3n) is 12.3. The predicted molar refractivity (Wildman–Crippen MR) is 180 cm³/mol. The van der Waals surface area contributed by atoms with Gasteiger partial charge < -0.3 is 4.43 Å². The Morgan fingerprint density at radius 1 is 0.884 bits per heavy atom. The van der Waals surface area contributed by atoms with Gasteiger partial charge in [-0.3, -0.25) is 4.18 Å². The van der Waals surface area contributed by atoms with Crippen molar-refractivity contribution >= 4 is 18.4 Å². The molecular weight excluding hydrogens is 569 g/mol. The Labute approximate surface area is 263 Å². The maximum atomic E-state index is 12.9. The van der Waals surface area contributed by atoms with E-state index in [1.165, 1.54) is 37.7 Å². The van der Waals surface area contributed by atoms with E-state index in [9.17, 15) is 8.42 Å². The summed E-state index contributed by atoms with van der Waals surface area (Å²) in [7, 11) is -5.72. The molecule has 0 bridgehead atoms. The molecule has 0 aliphatic heterocycles. The van der Waals surface area contributed by atoms with Gasteiger partial charge in [-0.1, -0.05) is 79.2 Å². The van der Waals surface area contributed by atoms with Crippen molar-refractivity contribution in [2.45, 2.75) is 128 Å². The van der Waals surface area contributed by atoms with Crippen LogP contribution in [0.15, 0.2) is 47.4 Å². The van der Waals surface area contributed by atoms with Gasteiger partial charge >= 0.3 is 0 Å². The van der Waals surface area contributed by atoms with Gasteiger partial charge in [-0.15, -0.1) is 0 Å². The highest BCUT2D eigenvalue weighted by molar-refractivity contribution is 7.86. The average molecular weight is 625 g/mol. The van der Waals surface area contributed by atoms with Crippen molar-refractivity contribution in [1.29, 1.82) is 0 Å². The van der Waals surface area contributed by atoms with E-state index in [4.69, 9.17) is 8.61 Å². The Morgan fingerprint density at radius 2 is 1.53 bits per heavy atom. The van der Waals surface area contributed by atoms with Gasteiger partial charge in [0, 0.05) is 0 Å². The van der Waals surface area contributed by atoms with Gasteiger partial charge in [0.2, 0.25) is 0 Å². The molecule has 0 radical (unpaired) electrons. The summed E-state index contributed by atoms with van der Waals surface area (Å²) < 4.78 is 38.5. The molecule has 6 atom stereocenters. The summed E-state index contributed by atoms with van der Waals surface area (Å²) in [6.07, 6.45) is 7.24. The highest BCUT2D eigenvalue weighted by Crippen LogP contribution is 2.64. The van der Waals surface area contributed by atoms with Crippen molar-refractivity contribution < 1.29 is 17.0 Å². The smallest absolute Gasteiger partial charge is 0.296 e. The minimum absolute atomic E-state index is 0.203. The SMILES string of the molecule is Cc1ccc(S(=O)(=O)OC[C@@H](C)[C@H]2CC[C@H]3[C@@H]4CCc5cc(O[Si](C(C)C)(C(C)C)C(C)C)ccc5[C@H]4CC[C@]23C)cc1. The molecule has 2 saturated carbocycles. The zero-order valence-corrected chi connectivity index (χ0v) is 30.0. The Balaban J connectivity index is 1.29. The van der Waals surface area contributed by atoms with Crippen LogP contribution in [-0.4, -0.2) is 23.3 Å². The molecule has 2 aromatic carbocycles. The molecule has 0 amide bonds. The van der Waals surface area contributed by atoms with Crippen LogP contribution in [0, 0.1) is 36.0 Å². The number of rotatable bonds is 10. The first-order valence-electron chi connectivity index (χ1n) is 17.0. The van der Waals surface area contributed by atoms with Crippen LogP contribution in [0.4, 0.5) is 0 Å².